The maximum absolute atomic E-state index is 11.3. The summed E-state index contributed by atoms with van der Waals surface area (Å²) in [4.78, 5) is 13.5. The Morgan fingerprint density at radius 3 is 2.46 bits per heavy atom. The van der Waals surface area contributed by atoms with E-state index in [2.05, 4.69) is 48.1 Å². The van der Waals surface area contributed by atoms with Crippen molar-refractivity contribution < 1.29 is 19.4 Å². The van der Waals surface area contributed by atoms with Crippen LogP contribution in [0.4, 0.5) is 0 Å². The average Bonchev–Trinajstić information content (AvgIpc) is 2.92. The lowest BCUT2D eigenvalue weighted by Gasteiger charge is -2.37. The first kappa shape index (κ1) is 26.8. The molecule has 0 radical (unpaired) electrons. The molecule has 0 saturated carbocycles. The molecule has 0 bridgehead atoms. The van der Waals surface area contributed by atoms with E-state index in [0.29, 0.717) is 6.54 Å². The second-order valence-corrected chi connectivity index (χ2v) is 9.60. The van der Waals surface area contributed by atoms with Crippen LogP contribution < -0.4 is 5.32 Å². The van der Waals surface area contributed by atoms with Crippen LogP contribution in [0.3, 0.4) is 0 Å². The number of carbonyl (C=O) groups is 1. The molecule has 3 unspecified atom stereocenters. The molecule has 0 aliphatic carbocycles. The molecule has 37 heavy (non-hydrogen) atoms. The lowest BCUT2D eigenvalue weighted by atomic mass is 9.98. The summed E-state index contributed by atoms with van der Waals surface area (Å²) in [6.07, 6.45) is 1.97. The SMILES string of the molecule is C=CCN(C)CC1CC(c2ccc(CO)cc2)OC(c2cccc(-c3cccc(CNC(C)=O)c3)c2)O1. The third-order valence-electron chi connectivity index (χ3n) is 6.53. The van der Waals surface area contributed by atoms with Crippen molar-refractivity contribution in [2.24, 2.45) is 0 Å². The Hall–Kier alpha value is -3.29. The molecule has 194 valence electrons. The minimum Gasteiger partial charge on any atom is -0.392 e. The van der Waals surface area contributed by atoms with E-state index in [1.54, 1.807) is 0 Å². The van der Waals surface area contributed by atoms with E-state index in [9.17, 15) is 9.90 Å². The van der Waals surface area contributed by atoms with Gasteiger partial charge in [-0.3, -0.25) is 4.79 Å². The van der Waals surface area contributed by atoms with Crippen molar-refractivity contribution in [3.63, 3.8) is 0 Å². The van der Waals surface area contributed by atoms with Gasteiger partial charge in [-0.1, -0.05) is 66.7 Å². The third-order valence-corrected chi connectivity index (χ3v) is 6.53. The van der Waals surface area contributed by atoms with Crippen LogP contribution >= 0.6 is 0 Å². The van der Waals surface area contributed by atoms with E-state index in [4.69, 9.17) is 9.47 Å². The maximum Gasteiger partial charge on any atom is 0.217 e. The molecule has 3 atom stereocenters. The van der Waals surface area contributed by atoms with Gasteiger partial charge in [-0.2, -0.15) is 0 Å². The van der Waals surface area contributed by atoms with Gasteiger partial charge in [0, 0.05) is 38.5 Å². The highest BCUT2D eigenvalue weighted by atomic mass is 16.7. The molecule has 4 rings (SSSR count). The molecular formula is C31H36N2O4. The Balaban J connectivity index is 1.58. The highest BCUT2D eigenvalue weighted by Crippen LogP contribution is 2.39. The zero-order valence-electron chi connectivity index (χ0n) is 21.6. The molecule has 1 heterocycles. The van der Waals surface area contributed by atoms with Crippen LogP contribution in [0.2, 0.25) is 0 Å². The van der Waals surface area contributed by atoms with Crippen molar-refractivity contribution in [1.82, 2.24) is 10.2 Å². The summed E-state index contributed by atoms with van der Waals surface area (Å²) in [5, 5.41) is 12.3. The fraction of sp³-hybridized carbons (Fsp3) is 0.323. The van der Waals surface area contributed by atoms with Crippen molar-refractivity contribution >= 4 is 5.91 Å². The smallest absolute Gasteiger partial charge is 0.217 e. The van der Waals surface area contributed by atoms with Gasteiger partial charge in [-0.15, -0.1) is 6.58 Å². The van der Waals surface area contributed by atoms with E-state index in [1.807, 2.05) is 54.6 Å². The highest BCUT2D eigenvalue weighted by molar-refractivity contribution is 5.73. The molecule has 0 spiro atoms. The number of likely N-dealkylation sites (N-methyl/N-ethyl adjacent to an activating group) is 1. The lowest BCUT2D eigenvalue weighted by molar-refractivity contribution is -0.252. The Labute approximate surface area is 219 Å². The molecule has 3 aromatic rings. The first-order chi connectivity index (χ1) is 17.9. The molecule has 0 aromatic heterocycles. The topological polar surface area (TPSA) is 71.0 Å². The Bertz CT molecular complexity index is 1190. The van der Waals surface area contributed by atoms with Crippen LogP contribution in [0, 0.1) is 0 Å². The van der Waals surface area contributed by atoms with Crippen molar-refractivity contribution in [1.29, 1.82) is 0 Å². The van der Waals surface area contributed by atoms with Crippen molar-refractivity contribution in [3.8, 4) is 11.1 Å². The van der Waals surface area contributed by atoms with Gasteiger partial charge < -0.3 is 24.8 Å². The summed E-state index contributed by atoms with van der Waals surface area (Å²) in [6.45, 7) is 7.44. The Morgan fingerprint density at radius 2 is 1.76 bits per heavy atom. The fourth-order valence-electron chi connectivity index (χ4n) is 4.63. The quantitative estimate of drug-likeness (QED) is 0.377. The largest absolute Gasteiger partial charge is 0.392 e. The van der Waals surface area contributed by atoms with Gasteiger partial charge >= 0.3 is 0 Å². The summed E-state index contributed by atoms with van der Waals surface area (Å²) in [5.74, 6) is -0.0483. The second kappa shape index (κ2) is 12.8. The number of aliphatic hydroxyl groups excluding tert-OH is 1. The molecule has 1 fully saturated rings. The maximum atomic E-state index is 11.3. The number of rotatable bonds is 10. The molecule has 6 heteroatoms. The first-order valence-electron chi connectivity index (χ1n) is 12.7. The number of hydrogen-bond acceptors (Lipinski definition) is 5. The number of nitrogens with zero attached hydrogens (tertiary/aromatic N) is 1. The van der Waals surface area contributed by atoms with Crippen LogP contribution in [0.25, 0.3) is 11.1 Å². The van der Waals surface area contributed by atoms with Crippen LogP contribution in [0.5, 0.6) is 0 Å². The van der Waals surface area contributed by atoms with Gasteiger partial charge in [-0.25, -0.2) is 0 Å². The minimum absolute atomic E-state index is 0.0177. The number of carbonyl (C=O) groups excluding carboxylic acids is 1. The van der Waals surface area contributed by atoms with Crippen LogP contribution in [0.1, 0.15) is 48.0 Å². The second-order valence-electron chi connectivity index (χ2n) is 9.60. The molecular weight excluding hydrogens is 464 g/mol. The van der Waals surface area contributed by atoms with Crippen LogP contribution in [0.15, 0.2) is 85.5 Å². The molecule has 2 N–H and O–H groups in total. The first-order valence-corrected chi connectivity index (χ1v) is 12.7. The molecule has 1 aliphatic heterocycles. The summed E-state index contributed by atoms with van der Waals surface area (Å²) in [5.41, 5.74) is 6.08. The third kappa shape index (κ3) is 7.37. The van der Waals surface area contributed by atoms with Gasteiger partial charge in [-0.05, 0) is 47.0 Å². The predicted molar refractivity (Wildman–Crippen MR) is 146 cm³/mol. The molecule has 1 amide bonds. The predicted octanol–water partition coefficient (Wildman–Crippen LogP) is 5.15. The van der Waals surface area contributed by atoms with Gasteiger partial charge in [0.25, 0.3) is 0 Å². The van der Waals surface area contributed by atoms with Crippen molar-refractivity contribution in [2.75, 3.05) is 20.1 Å². The average molecular weight is 501 g/mol. The monoisotopic (exact) mass is 500 g/mol. The van der Waals surface area contributed by atoms with Crippen LogP contribution in [-0.2, 0) is 27.4 Å². The zero-order chi connectivity index (χ0) is 26.2. The minimum atomic E-state index is -0.513. The molecule has 1 aliphatic rings. The van der Waals surface area contributed by atoms with Crippen molar-refractivity contribution in [3.05, 3.63) is 108 Å². The summed E-state index contributed by atoms with van der Waals surface area (Å²) >= 11 is 0. The summed E-state index contributed by atoms with van der Waals surface area (Å²) in [6, 6.07) is 24.4. The number of ether oxygens (including phenoxy) is 2. The van der Waals surface area contributed by atoms with Gasteiger partial charge in [0.2, 0.25) is 5.91 Å². The number of nitrogens with one attached hydrogen (secondary N) is 1. The van der Waals surface area contributed by atoms with Crippen molar-refractivity contribution in [2.45, 2.75) is 45.0 Å². The van der Waals surface area contributed by atoms with E-state index in [1.165, 1.54) is 6.92 Å². The lowest BCUT2D eigenvalue weighted by Crippen LogP contribution is -2.37. The van der Waals surface area contributed by atoms with E-state index >= 15 is 0 Å². The van der Waals surface area contributed by atoms with Crippen LogP contribution in [-0.4, -0.2) is 42.2 Å². The van der Waals surface area contributed by atoms with E-state index < -0.39 is 6.29 Å². The number of aliphatic hydroxyl groups is 1. The number of amides is 1. The number of hydrogen-bond donors (Lipinski definition) is 2. The molecule has 3 aromatic carbocycles. The molecule has 6 nitrogen and oxygen atoms in total. The van der Waals surface area contributed by atoms with E-state index in [0.717, 1.165) is 52.9 Å². The van der Waals surface area contributed by atoms with Gasteiger partial charge in [0.1, 0.15) is 0 Å². The van der Waals surface area contributed by atoms with Gasteiger partial charge in [0.15, 0.2) is 6.29 Å². The standard InChI is InChI=1S/C31H36N2O4/c1-4-15-33(3)20-29-18-30(25-13-11-23(21-34)12-14-25)37-31(36-29)28-10-6-9-27(17-28)26-8-5-7-24(16-26)19-32-22(2)35/h4-14,16-17,29-31,34H,1,15,18-21H2,2-3H3,(H,32,35). The van der Waals surface area contributed by atoms with Gasteiger partial charge in [0.05, 0.1) is 18.8 Å². The van der Waals surface area contributed by atoms with E-state index in [-0.39, 0.29) is 24.7 Å². The Morgan fingerprint density at radius 1 is 1.03 bits per heavy atom. The zero-order valence-corrected chi connectivity index (χ0v) is 21.6. The normalized spacial score (nSPS) is 19.5. The highest BCUT2D eigenvalue weighted by Gasteiger charge is 2.32. The fourth-order valence-corrected chi connectivity index (χ4v) is 4.63. The Kier molecular flexibility index (Phi) is 9.25. The molecule has 1 saturated heterocycles. The summed E-state index contributed by atoms with van der Waals surface area (Å²) < 4.78 is 13.0. The number of benzene rings is 3. The summed E-state index contributed by atoms with van der Waals surface area (Å²) in [7, 11) is 2.06.